The van der Waals surface area contributed by atoms with Gasteiger partial charge in [0.2, 0.25) is 11.8 Å². The highest BCUT2D eigenvalue weighted by molar-refractivity contribution is 5.97. The molecular formula is C34H36F2N6O2. The SMILES string of the molecule is C=CC(=O)N1CC[C@@H]2[C@H]1CN2c1c(CC#N)c(OC[C@@H]2C[C@@H](F)CN2C)nc2c(F)c(-c3cccc4c3CCCC4)ncc12. The van der Waals surface area contributed by atoms with E-state index in [2.05, 4.69) is 23.6 Å². The van der Waals surface area contributed by atoms with Gasteiger partial charge in [0.15, 0.2) is 5.82 Å². The van der Waals surface area contributed by atoms with Crippen LogP contribution in [0.15, 0.2) is 37.1 Å². The smallest absolute Gasteiger partial charge is 0.246 e. The lowest BCUT2D eigenvalue weighted by Gasteiger charge is -2.49. The number of ether oxygens (including phenoxy) is 1. The minimum absolute atomic E-state index is 0.00139. The molecule has 0 saturated carbocycles. The number of nitrogens with zero attached hydrogens (tertiary/aromatic N) is 6. The summed E-state index contributed by atoms with van der Waals surface area (Å²) in [7, 11) is 1.86. The minimum atomic E-state index is -0.934. The summed E-state index contributed by atoms with van der Waals surface area (Å²) in [6.07, 6.45) is 7.17. The third-order valence-electron chi connectivity index (χ3n) is 10.0. The molecule has 4 aliphatic rings. The zero-order valence-electron chi connectivity index (χ0n) is 24.9. The van der Waals surface area contributed by atoms with E-state index in [0.717, 1.165) is 43.2 Å². The highest BCUT2D eigenvalue weighted by atomic mass is 19.1. The number of benzene rings is 1. The molecule has 44 heavy (non-hydrogen) atoms. The van der Waals surface area contributed by atoms with Crippen LogP contribution in [-0.2, 0) is 24.1 Å². The maximum absolute atomic E-state index is 16.7. The fraction of sp³-hybridized carbons (Fsp3) is 0.471. The van der Waals surface area contributed by atoms with Crippen LogP contribution in [0, 0.1) is 17.1 Å². The number of hydrogen-bond acceptors (Lipinski definition) is 7. The fourth-order valence-electron chi connectivity index (χ4n) is 7.72. The predicted octanol–water partition coefficient (Wildman–Crippen LogP) is 4.78. The second-order valence-electron chi connectivity index (χ2n) is 12.5. The molecule has 0 spiro atoms. The van der Waals surface area contributed by atoms with Crippen molar-refractivity contribution in [2.75, 3.05) is 38.2 Å². The number of alkyl halides is 1. The quantitative estimate of drug-likeness (QED) is 0.362. The van der Waals surface area contributed by atoms with E-state index in [1.54, 1.807) is 6.20 Å². The van der Waals surface area contributed by atoms with Crippen molar-refractivity contribution in [2.24, 2.45) is 0 Å². The first-order valence-corrected chi connectivity index (χ1v) is 15.6. The second-order valence-corrected chi connectivity index (χ2v) is 12.5. The Hall–Kier alpha value is -4.10. The molecule has 1 amide bonds. The summed E-state index contributed by atoms with van der Waals surface area (Å²) < 4.78 is 37.2. The second kappa shape index (κ2) is 11.4. The molecule has 8 nitrogen and oxygen atoms in total. The maximum atomic E-state index is 16.7. The van der Waals surface area contributed by atoms with Gasteiger partial charge in [0.25, 0.3) is 0 Å². The van der Waals surface area contributed by atoms with Crippen molar-refractivity contribution in [1.29, 1.82) is 5.26 Å². The third-order valence-corrected chi connectivity index (χ3v) is 10.0. The Kier molecular flexibility index (Phi) is 7.45. The molecule has 3 aliphatic heterocycles. The number of likely N-dealkylation sites (N-methyl/N-ethyl adjacent to an activating group) is 1. The number of likely N-dealkylation sites (tertiary alicyclic amines) is 2. The van der Waals surface area contributed by atoms with E-state index >= 15 is 4.39 Å². The van der Waals surface area contributed by atoms with Gasteiger partial charge in [0.05, 0.1) is 35.8 Å². The number of nitriles is 1. The number of amides is 1. The standard InChI is InChI=1S/C34H36F2N6O2/c1-3-29(43)41-14-12-27-28(41)18-42(27)33-25(11-13-37)34(44-19-22-15-21(35)17-40(22)2)39-32-26(33)16-38-31(30(32)36)24-10-6-8-20-7-4-5-9-23(20)24/h3,6,8,10,16,21-22,27-28H,1,4-5,7,9,11-12,14-15,17-19H2,2H3/t21-,22+,27-,28-/m1/s1. The van der Waals surface area contributed by atoms with Crippen molar-refractivity contribution in [1.82, 2.24) is 19.8 Å². The van der Waals surface area contributed by atoms with Gasteiger partial charge in [-0.3, -0.25) is 14.7 Å². The Morgan fingerprint density at radius 1 is 1.25 bits per heavy atom. The predicted molar refractivity (Wildman–Crippen MR) is 164 cm³/mol. The van der Waals surface area contributed by atoms with E-state index < -0.39 is 12.0 Å². The van der Waals surface area contributed by atoms with E-state index in [-0.39, 0.29) is 54.2 Å². The molecule has 2 aromatic heterocycles. The number of fused-ring (bicyclic) bond motifs is 3. The molecule has 0 bridgehead atoms. The number of aromatic nitrogens is 2. The number of carbonyl (C=O) groups excluding carboxylic acids is 1. The van der Waals surface area contributed by atoms with Crippen molar-refractivity contribution in [3.8, 4) is 23.2 Å². The van der Waals surface area contributed by atoms with Crippen molar-refractivity contribution in [3.63, 3.8) is 0 Å². The number of pyridine rings is 2. The lowest BCUT2D eigenvalue weighted by atomic mass is 9.87. The van der Waals surface area contributed by atoms with Crippen LogP contribution in [0.1, 0.15) is 42.4 Å². The molecule has 3 saturated heterocycles. The van der Waals surface area contributed by atoms with E-state index in [4.69, 9.17) is 14.7 Å². The minimum Gasteiger partial charge on any atom is -0.476 e. The molecule has 0 unspecified atom stereocenters. The van der Waals surface area contributed by atoms with Gasteiger partial charge in [-0.15, -0.1) is 0 Å². The third kappa shape index (κ3) is 4.69. The summed E-state index contributed by atoms with van der Waals surface area (Å²) in [5.74, 6) is -0.436. The van der Waals surface area contributed by atoms with Gasteiger partial charge < -0.3 is 14.5 Å². The van der Waals surface area contributed by atoms with E-state index in [1.165, 1.54) is 11.6 Å². The van der Waals surface area contributed by atoms with Gasteiger partial charge in [-0.2, -0.15) is 5.26 Å². The van der Waals surface area contributed by atoms with Crippen LogP contribution in [0.25, 0.3) is 22.2 Å². The molecule has 0 radical (unpaired) electrons. The Bertz CT molecular complexity index is 1690. The van der Waals surface area contributed by atoms with Gasteiger partial charge in [-0.1, -0.05) is 24.8 Å². The Labute approximate surface area is 255 Å². The van der Waals surface area contributed by atoms with Crippen LogP contribution in [-0.4, -0.2) is 83.3 Å². The number of carbonyl (C=O) groups is 1. The maximum Gasteiger partial charge on any atom is 0.246 e. The highest BCUT2D eigenvalue weighted by Gasteiger charge is 2.49. The first kappa shape index (κ1) is 28.7. The van der Waals surface area contributed by atoms with Gasteiger partial charge in [-0.25, -0.2) is 13.8 Å². The number of aryl methyl sites for hydroxylation is 1. The van der Waals surface area contributed by atoms with Gasteiger partial charge in [0.1, 0.15) is 24.0 Å². The summed E-state index contributed by atoms with van der Waals surface area (Å²) in [4.78, 5) is 27.8. The monoisotopic (exact) mass is 598 g/mol. The molecule has 7 rings (SSSR count). The van der Waals surface area contributed by atoms with Crippen molar-refractivity contribution < 1.29 is 18.3 Å². The van der Waals surface area contributed by atoms with Crippen LogP contribution >= 0.6 is 0 Å². The molecule has 228 valence electrons. The van der Waals surface area contributed by atoms with E-state index in [9.17, 15) is 14.4 Å². The Balaban J connectivity index is 1.36. The van der Waals surface area contributed by atoms with Gasteiger partial charge >= 0.3 is 0 Å². The normalized spacial score (nSPS) is 24.5. The summed E-state index contributed by atoms with van der Waals surface area (Å²) >= 11 is 0. The van der Waals surface area contributed by atoms with Crippen LogP contribution in [0.4, 0.5) is 14.5 Å². The molecular weight excluding hydrogens is 562 g/mol. The zero-order chi connectivity index (χ0) is 30.5. The topological polar surface area (TPSA) is 85.6 Å². The Morgan fingerprint density at radius 2 is 2.09 bits per heavy atom. The van der Waals surface area contributed by atoms with Crippen LogP contribution in [0.5, 0.6) is 5.88 Å². The average molecular weight is 599 g/mol. The number of rotatable bonds is 7. The fourth-order valence-corrected chi connectivity index (χ4v) is 7.72. The largest absolute Gasteiger partial charge is 0.476 e. The molecule has 4 atom stereocenters. The molecule has 5 heterocycles. The molecule has 0 N–H and O–H groups in total. The molecule has 3 fully saturated rings. The first-order valence-electron chi connectivity index (χ1n) is 15.6. The summed E-state index contributed by atoms with van der Waals surface area (Å²) in [6, 6.07) is 8.10. The highest BCUT2D eigenvalue weighted by Crippen LogP contribution is 2.45. The number of anilines is 1. The van der Waals surface area contributed by atoms with E-state index in [0.29, 0.717) is 42.7 Å². The Morgan fingerprint density at radius 3 is 2.86 bits per heavy atom. The summed E-state index contributed by atoms with van der Waals surface area (Å²) in [5, 5.41) is 10.4. The van der Waals surface area contributed by atoms with Crippen molar-refractivity contribution >= 4 is 22.5 Å². The lowest BCUT2D eigenvalue weighted by Crippen LogP contribution is -2.63. The van der Waals surface area contributed by atoms with Crippen molar-refractivity contribution in [3.05, 3.63) is 59.6 Å². The average Bonchev–Trinajstić information content (AvgIpc) is 3.53. The van der Waals surface area contributed by atoms with Crippen molar-refractivity contribution in [2.45, 2.75) is 69.2 Å². The van der Waals surface area contributed by atoms with Crippen LogP contribution in [0.3, 0.4) is 0 Å². The zero-order valence-corrected chi connectivity index (χ0v) is 24.9. The lowest BCUT2D eigenvalue weighted by molar-refractivity contribution is -0.127. The van der Waals surface area contributed by atoms with Gasteiger partial charge in [-0.05, 0) is 62.8 Å². The number of halogens is 2. The molecule has 1 aliphatic carbocycles. The first-order chi connectivity index (χ1) is 21.4. The van der Waals surface area contributed by atoms with Gasteiger partial charge in [0, 0.05) is 42.8 Å². The molecule has 1 aromatic carbocycles. The molecule has 3 aromatic rings. The van der Waals surface area contributed by atoms with E-state index in [1.807, 2.05) is 29.0 Å². The van der Waals surface area contributed by atoms with Crippen LogP contribution in [0.2, 0.25) is 0 Å². The summed E-state index contributed by atoms with van der Waals surface area (Å²) in [5.41, 5.74) is 4.79. The summed E-state index contributed by atoms with van der Waals surface area (Å²) in [6.45, 7) is 5.29. The number of hydrogen-bond donors (Lipinski definition) is 0. The van der Waals surface area contributed by atoms with Crippen LogP contribution < -0.4 is 9.64 Å². The molecule has 10 heteroatoms.